The van der Waals surface area contributed by atoms with E-state index in [9.17, 15) is 0 Å². The van der Waals surface area contributed by atoms with Gasteiger partial charge in [-0.05, 0) is 12.8 Å². The molecule has 2 nitrogen and oxygen atoms in total. The number of hydrogen-bond donors (Lipinski definition) is 0. The first-order valence-corrected chi connectivity index (χ1v) is 3.27. The zero-order chi connectivity index (χ0) is 6.95. The molecule has 0 radical (unpaired) electrons. The van der Waals surface area contributed by atoms with Crippen LogP contribution in [-0.2, 0) is 4.74 Å². The lowest BCUT2D eigenvalue weighted by molar-refractivity contribution is 0.192. The minimum Gasteiger partial charge on any atom is -0.385 e. The Morgan fingerprint density at radius 1 is 1.33 bits per heavy atom. The fourth-order valence-corrected chi connectivity index (χ4v) is 0.627. The highest BCUT2D eigenvalue weighted by Crippen LogP contribution is 1.97. The Morgan fingerprint density at radius 3 is 2.67 bits per heavy atom. The van der Waals surface area contributed by atoms with Crippen LogP contribution in [0.3, 0.4) is 0 Å². The Labute approximate surface area is 56.4 Å². The van der Waals surface area contributed by atoms with E-state index < -0.39 is 0 Å². The summed E-state index contributed by atoms with van der Waals surface area (Å²) in [5.74, 6) is 0. The highest BCUT2D eigenvalue weighted by atomic mass is 16.5. The molecule has 0 unspecified atom stereocenters. The third-order valence-corrected chi connectivity index (χ3v) is 1.14. The van der Waals surface area contributed by atoms with Crippen LogP contribution in [-0.4, -0.2) is 13.7 Å². The molecule has 0 aliphatic heterocycles. The Kier molecular flexibility index (Phi) is 6.99. The maximum Gasteiger partial charge on any atom is 0.0621 e. The van der Waals surface area contributed by atoms with Crippen molar-refractivity contribution in [1.82, 2.24) is 0 Å². The fourth-order valence-electron chi connectivity index (χ4n) is 0.627. The highest BCUT2D eigenvalue weighted by molar-refractivity contribution is 4.67. The quantitative estimate of drug-likeness (QED) is 0.527. The van der Waals surface area contributed by atoms with Gasteiger partial charge in [-0.15, -0.1) is 0 Å². The van der Waals surface area contributed by atoms with Crippen molar-refractivity contribution < 1.29 is 4.74 Å². The number of nitriles is 1. The van der Waals surface area contributed by atoms with E-state index >= 15 is 0 Å². The number of unbranched alkanes of at least 4 members (excludes halogenated alkanes) is 3. The SMILES string of the molecule is COCCCCCC#N. The molecule has 0 fully saturated rings. The van der Waals surface area contributed by atoms with Crippen LogP contribution in [0.5, 0.6) is 0 Å². The third kappa shape index (κ3) is 7.45. The Balaban J connectivity index is 2.69. The summed E-state index contributed by atoms with van der Waals surface area (Å²) in [6.07, 6.45) is 3.89. The van der Waals surface area contributed by atoms with Gasteiger partial charge in [0.15, 0.2) is 0 Å². The number of nitrogens with zero attached hydrogens (tertiary/aromatic N) is 1. The normalized spacial score (nSPS) is 8.89. The molecule has 0 heterocycles. The summed E-state index contributed by atoms with van der Waals surface area (Å²) in [6.45, 7) is 0.825. The molecule has 0 saturated carbocycles. The lowest BCUT2D eigenvalue weighted by Gasteiger charge is -1.94. The molecular formula is C7H13NO. The minimum absolute atomic E-state index is 0.684. The molecule has 9 heavy (non-hydrogen) atoms. The number of hydrogen-bond acceptors (Lipinski definition) is 2. The Morgan fingerprint density at radius 2 is 2.11 bits per heavy atom. The number of methoxy groups -OCH3 is 1. The van der Waals surface area contributed by atoms with Crippen LogP contribution in [0.15, 0.2) is 0 Å². The molecule has 0 amide bonds. The average Bonchev–Trinajstić information content (AvgIpc) is 1.89. The van der Waals surface area contributed by atoms with Gasteiger partial charge in [0.25, 0.3) is 0 Å². The van der Waals surface area contributed by atoms with Gasteiger partial charge in [0.2, 0.25) is 0 Å². The molecule has 2 heteroatoms. The first kappa shape index (κ1) is 8.45. The maximum absolute atomic E-state index is 8.14. The smallest absolute Gasteiger partial charge is 0.0621 e. The molecule has 0 aromatic heterocycles. The lowest BCUT2D eigenvalue weighted by atomic mass is 10.2. The summed E-state index contributed by atoms with van der Waals surface area (Å²) < 4.78 is 4.84. The number of rotatable bonds is 5. The largest absolute Gasteiger partial charge is 0.385 e. The second-order valence-corrected chi connectivity index (χ2v) is 1.96. The van der Waals surface area contributed by atoms with Gasteiger partial charge in [-0.1, -0.05) is 6.42 Å². The summed E-state index contributed by atoms with van der Waals surface area (Å²) in [5.41, 5.74) is 0. The minimum atomic E-state index is 0.684. The average molecular weight is 127 g/mol. The molecule has 0 atom stereocenters. The van der Waals surface area contributed by atoms with Gasteiger partial charge in [0, 0.05) is 20.1 Å². The van der Waals surface area contributed by atoms with Gasteiger partial charge < -0.3 is 4.74 Å². The molecule has 0 saturated heterocycles. The van der Waals surface area contributed by atoms with Crippen molar-refractivity contribution >= 4 is 0 Å². The van der Waals surface area contributed by atoms with E-state index in [0.29, 0.717) is 6.42 Å². The molecular weight excluding hydrogens is 114 g/mol. The maximum atomic E-state index is 8.14. The van der Waals surface area contributed by atoms with Gasteiger partial charge in [-0.3, -0.25) is 0 Å². The van der Waals surface area contributed by atoms with Crippen LogP contribution < -0.4 is 0 Å². The van der Waals surface area contributed by atoms with Crippen molar-refractivity contribution in [3.63, 3.8) is 0 Å². The Hall–Kier alpha value is -0.550. The molecule has 52 valence electrons. The topological polar surface area (TPSA) is 33.0 Å². The van der Waals surface area contributed by atoms with E-state index in [0.717, 1.165) is 25.9 Å². The van der Waals surface area contributed by atoms with Crippen LogP contribution in [0, 0.1) is 11.3 Å². The predicted octanol–water partition coefficient (Wildman–Crippen LogP) is 1.72. The molecule has 0 aromatic rings. The van der Waals surface area contributed by atoms with Gasteiger partial charge >= 0.3 is 0 Å². The third-order valence-electron chi connectivity index (χ3n) is 1.14. The number of ether oxygens (including phenoxy) is 1. The van der Waals surface area contributed by atoms with E-state index in [1.165, 1.54) is 0 Å². The summed E-state index contributed by atoms with van der Waals surface area (Å²) in [4.78, 5) is 0. The second kappa shape index (κ2) is 7.45. The van der Waals surface area contributed by atoms with Gasteiger partial charge in [-0.25, -0.2) is 0 Å². The van der Waals surface area contributed by atoms with Gasteiger partial charge in [0.1, 0.15) is 0 Å². The van der Waals surface area contributed by atoms with Crippen molar-refractivity contribution in [2.75, 3.05) is 13.7 Å². The fraction of sp³-hybridized carbons (Fsp3) is 0.857. The Bertz CT molecular complexity index is 85.4. The molecule has 0 spiro atoms. The molecule has 0 N–H and O–H groups in total. The lowest BCUT2D eigenvalue weighted by Crippen LogP contribution is -1.87. The standard InChI is InChI=1S/C7H13NO/c1-9-7-5-3-2-4-6-8/h2-5,7H2,1H3. The van der Waals surface area contributed by atoms with E-state index in [1.807, 2.05) is 0 Å². The van der Waals surface area contributed by atoms with Crippen molar-refractivity contribution in [1.29, 1.82) is 5.26 Å². The predicted molar refractivity (Wildman–Crippen MR) is 36.0 cm³/mol. The van der Waals surface area contributed by atoms with Crippen LogP contribution in [0.2, 0.25) is 0 Å². The van der Waals surface area contributed by atoms with Gasteiger partial charge in [0.05, 0.1) is 6.07 Å². The monoisotopic (exact) mass is 127 g/mol. The molecule has 0 aromatic carbocycles. The summed E-state index contributed by atoms with van der Waals surface area (Å²) in [5, 5.41) is 8.14. The first-order valence-electron chi connectivity index (χ1n) is 3.27. The summed E-state index contributed by atoms with van der Waals surface area (Å²) >= 11 is 0. The summed E-state index contributed by atoms with van der Waals surface area (Å²) in [7, 11) is 1.70. The van der Waals surface area contributed by atoms with Crippen molar-refractivity contribution in [2.24, 2.45) is 0 Å². The highest BCUT2D eigenvalue weighted by Gasteiger charge is 1.85. The molecule has 0 rings (SSSR count). The van der Waals surface area contributed by atoms with Crippen molar-refractivity contribution in [3.8, 4) is 6.07 Å². The van der Waals surface area contributed by atoms with Crippen molar-refractivity contribution in [2.45, 2.75) is 25.7 Å². The zero-order valence-corrected chi connectivity index (χ0v) is 5.89. The van der Waals surface area contributed by atoms with Crippen LogP contribution in [0.4, 0.5) is 0 Å². The van der Waals surface area contributed by atoms with E-state index in [-0.39, 0.29) is 0 Å². The zero-order valence-electron chi connectivity index (χ0n) is 5.89. The van der Waals surface area contributed by atoms with Crippen LogP contribution in [0.25, 0.3) is 0 Å². The van der Waals surface area contributed by atoms with Crippen LogP contribution in [0.1, 0.15) is 25.7 Å². The molecule has 0 aliphatic carbocycles. The van der Waals surface area contributed by atoms with Gasteiger partial charge in [-0.2, -0.15) is 5.26 Å². The summed E-state index contributed by atoms with van der Waals surface area (Å²) in [6, 6.07) is 2.10. The van der Waals surface area contributed by atoms with E-state index in [2.05, 4.69) is 6.07 Å². The van der Waals surface area contributed by atoms with Crippen molar-refractivity contribution in [3.05, 3.63) is 0 Å². The van der Waals surface area contributed by atoms with E-state index in [4.69, 9.17) is 10.00 Å². The van der Waals surface area contributed by atoms with E-state index in [1.54, 1.807) is 7.11 Å². The first-order chi connectivity index (χ1) is 4.41. The molecule has 0 bridgehead atoms. The molecule has 0 aliphatic rings. The second-order valence-electron chi connectivity index (χ2n) is 1.96. The van der Waals surface area contributed by atoms with Crippen LogP contribution >= 0.6 is 0 Å².